The zero-order chi connectivity index (χ0) is 20.4. The SMILES string of the molecule is CCN(CC)CC1C(=O)O[C@H](c2ccccc2)[C@@H]1C1(C)CC=Cc2ccccc21. The highest BCUT2D eigenvalue weighted by molar-refractivity contribution is 5.77. The lowest BCUT2D eigenvalue weighted by Crippen LogP contribution is -2.43. The molecule has 3 heteroatoms. The summed E-state index contributed by atoms with van der Waals surface area (Å²) in [5.41, 5.74) is 3.53. The zero-order valence-electron chi connectivity index (χ0n) is 17.7. The molecule has 0 N–H and O–H groups in total. The summed E-state index contributed by atoms with van der Waals surface area (Å²) in [4.78, 5) is 15.5. The Balaban J connectivity index is 1.81. The number of nitrogens with zero attached hydrogens (tertiary/aromatic N) is 1. The number of ether oxygens (including phenoxy) is 1. The van der Waals surface area contributed by atoms with Gasteiger partial charge in [0.1, 0.15) is 6.10 Å². The molecule has 2 unspecified atom stereocenters. The van der Waals surface area contributed by atoms with E-state index in [0.29, 0.717) is 0 Å². The summed E-state index contributed by atoms with van der Waals surface area (Å²) in [6, 6.07) is 18.9. The highest BCUT2D eigenvalue weighted by atomic mass is 16.6. The molecule has 3 nitrogen and oxygen atoms in total. The van der Waals surface area contributed by atoms with Gasteiger partial charge in [-0.25, -0.2) is 0 Å². The van der Waals surface area contributed by atoms with E-state index in [1.54, 1.807) is 0 Å². The van der Waals surface area contributed by atoms with E-state index in [1.807, 2.05) is 18.2 Å². The monoisotopic (exact) mass is 389 g/mol. The fourth-order valence-corrected chi connectivity index (χ4v) is 5.31. The van der Waals surface area contributed by atoms with Gasteiger partial charge in [-0.3, -0.25) is 4.79 Å². The number of benzene rings is 2. The molecule has 2 aromatic rings. The molecule has 1 heterocycles. The molecule has 0 radical (unpaired) electrons. The predicted octanol–water partition coefficient (Wildman–Crippen LogP) is 5.23. The summed E-state index contributed by atoms with van der Waals surface area (Å²) in [5, 5.41) is 0. The quantitative estimate of drug-likeness (QED) is 0.633. The highest BCUT2D eigenvalue weighted by Crippen LogP contribution is 2.54. The maximum absolute atomic E-state index is 13.2. The van der Waals surface area contributed by atoms with E-state index in [-0.39, 0.29) is 29.3 Å². The molecule has 0 amide bonds. The van der Waals surface area contributed by atoms with E-state index in [1.165, 1.54) is 11.1 Å². The molecule has 4 atom stereocenters. The van der Waals surface area contributed by atoms with E-state index < -0.39 is 0 Å². The second-order valence-corrected chi connectivity index (χ2v) is 8.50. The van der Waals surface area contributed by atoms with Crippen LogP contribution in [0.4, 0.5) is 0 Å². The van der Waals surface area contributed by atoms with Crippen LogP contribution in [0.1, 0.15) is 50.0 Å². The van der Waals surface area contributed by atoms with Crippen molar-refractivity contribution in [1.82, 2.24) is 4.90 Å². The molecule has 2 aliphatic rings. The number of hydrogen-bond donors (Lipinski definition) is 0. The molecule has 0 bridgehead atoms. The molecule has 4 rings (SSSR count). The van der Waals surface area contributed by atoms with Gasteiger partial charge in [-0.2, -0.15) is 0 Å². The number of allylic oxidation sites excluding steroid dienone is 1. The first-order valence-electron chi connectivity index (χ1n) is 10.8. The molecule has 1 aliphatic carbocycles. The van der Waals surface area contributed by atoms with Gasteiger partial charge in [0.25, 0.3) is 0 Å². The largest absolute Gasteiger partial charge is 0.457 e. The Hall–Kier alpha value is -2.39. The van der Waals surface area contributed by atoms with Crippen molar-refractivity contribution in [2.45, 2.75) is 38.7 Å². The summed E-state index contributed by atoms with van der Waals surface area (Å²) in [5.74, 6) is -0.0993. The lowest BCUT2D eigenvalue weighted by atomic mass is 9.60. The van der Waals surface area contributed by atoms with E-state index in [4.69, 9.17) is 4.74 Å². The number of carbonyl (C=O) groups excluding carboxylic acids is 1. The minimum atomic E-state index is -0.214. The summed E-state index contributed by atoms with van der Waals surface area (Å²) in [7, 11) is 0. The molecule has 0 aromatic heterocycles. The van der Waals surface area contributed by atoms with Crippen molar-refractivity contribution < 1.29 is 9.53 Å². The molecule has 29 heavy (non-hydrogen) atoms. The minimum absolute atomic E-state index is 0.0518. The number of esters is 1. The molecule has 2 aromatic carbocycles. The predicted molar refractivity (Wildman–Crippen MR) is 117 cm³/mol. The average molecular weight is 390 g/mol. The van der Waals surface area contributed by atoms with Crippen LogP contribution in [-0.4, -0.2) is 30.5 Å². The Bertz CT molecular complexity index is 887. The van der Waals surface area contributed by atoms with Crippen molar-refractivity contribution in [3.05, 3.63) is 77.4 Å². The lowest BCUT2D eigenvalue weighted by molar-refractivity contribution is -0.144. The summed E-state index contributed by atoms with van der Waals surface area (Å²) < 4.78 is 6.11. The molecule has 1 saturated heterocycles. The first-order chi connectivity index (χ1) is 14.1. The van der Waals surface area contributed by atoms with Gasteiger partial charge in [0, 0.05) is 17.9 Å². The molecule has 0 spiro atoms. The highest BCUT2D eigenvalue weighted by Gasteiger charge is 2.55. The Morgan fingerprint density at radius 2 is 1.72 bits per heavy atom. The zero-order valence-corrected chi connectivity index (χ0v) is 17.7. The summed E-state index contributed by atoms with van der Waals surface area (Å²) in [6.07, 6.45) is 5.19. The second-order valence-electron chi connectivity index (χ2n) is 8.50. The van der Waals surface area contributed by atoms with Gasteiger partial charge >= 0.3 is 5.97 Å². The van der Waals surface area contributed by atoms with Gasteiger partial charge in [0.05, 0.1) is 5.92 Å². The van der Waals surface area contributed by atoms with Crippen molar-refractivity contribution in [1.29, 1.82) is 0 Å². The van der Waals surface area contributed by atoms with Crippen LogP contribution in [0.3, 0.4) is 0 Å². The van der Waals surface area contributed by atoms with Crippen LogP contribution in [0.5, 0.6) is 0 Å². The summed E-state index contributed by atoms with van der Waals surface area (Å²) >= 11 is 0. The van der Waals surface area contributed by atoms with Crippen LogP contribution in [0.2, 0.25) is 0 Å². The van der Waals surface area contributed by atoms with Gasteiger partial charge in [-0.1, -0.05) is 87.5 Å². The fourth-order valence-electron chi connectivity index (χ4n) is 5.31. The molecule has 0 saturated carbocycles. The van der Waals surface area contributed by atoms with E-state index in [9.17, 15) is 4.79 Å². The Labute approximate surface area is 174 Å². The van der Waals surface area contributed by atoms with Gasteiger partial charge in [-0.05, 0) is 36.2 Å². The smallest absolute Gasteiger partial charge is 0.311 e. The van der Waals surface area contributed by atoms with E-state index in [2.05, 4.69) is 74.2 Å². The number of fused-ring (bicyclic) bond motifs is 1. The van der Waals surface area contributed by atoms with Gasteiger partial charge in [-0.15, -0.1) is 0 Å². The first kappa shape index (κ1) is 19.9. The van der Waals surface area contributed by atoms with Crippen molar-refractivity contribution in [2.24, 2.45) is 11.8 Å². The van der Waals surface area contributed by atoms with E-state index >= 15 is 0 Å². The van der Waals surface area contributed by atoms with Gasteiger partial charge in [0.15, 0.2) is 0 Å². The summed E-state index contributed by atoms with van der Waals surface area (Å²) in [6.45, 7) is 9.28. The Morgan fingerprint density at radius 3 is 2.45 bits per heavy atom. The van der Waals surface area contributed by atoms with Crippen LogP contribution < -0.4 is 0 Å². The van der Waals surface area contributed by atoms with Gasteiger partial charge < -0.3 is 9.64 Å². The third kappa shape index (κ3) is 3.53. The van der Waals surface area contributed by atoms with Crippen LogP contribution in [-0.2, 0) is 14.9 Å². The Kier molecular flexibility index (Phi) is 5.60. The maximum atomic E-state index is 13.2. The normalized spacial score (nSPS) is 28.4. The van der Waals surface area contributed by atoms with Crippen LogP contribution in [0.25, 0.3) is 6.08 Å². The van der Waals surface area contributed by atoms with Crippen LogP contribution in [0.15, 0.2) is 60.7 Å². The average Bonchev–Trinajstić information content (AvgIpc) is 3.09. The lowest BCUT2D eigenvalue weighted by Gasteiger charge is -2.42. The molecule has 1 fully saturated rings. The molecular weight excluding hydrogens is 358 g/mol. The minimum Gasteiger partial charge on any atom is -0.457 e. The van der Waals surface area contributed by atoms with Crippen molar-refractivity contribution in [2.75, 3.05) is 19.6 Å². The molecule has 152 valence electrons. The topological polar surface area (TPSA) is 29.5 Å². The third-order valence-corrected chi connectivity index (χ3v) is 6.93. The second kappa shape index (κ2) is 8.16. The number of carbonyl (C=O) groups is 1. The Morgan fingerprint density at radius 1 is 1.03 bits per heavy atom. The number of hydrogen-bond acceptors (Lipinski definition) is 3. The van der Waals surface area contributed by atoms with Crippen molar-refractivity contribution in [3.8, 4) is 0 Å². The molecule has 1 aliphatic heterocycles. The van der Waals surface area contributed by atoms with E-state index in [0.717, 1.165) is 31.6 Å². The third-order valence-electron chi connectivity index (χ3n) is 6.93. The van der Waals surface area contributed by atoms with Crippen LogP contribution >= 0.6 is 0 Å². The van der Waals surface area contributed by atoms with Crippen molar-refractivity contribution >= 4 is 12.0 Å². The van der Waals surface area contributed by atoms with Crippen molar-refractivity contribution in [3.63, 3.8) is 0 Å². The standard InChI is InChI=1S/C26H31NO2/c1-4-27(5-2)18-21-23(24(29-25(21)28)20-13-7-6-8-14-20)26(3)17-11-15-19-12-9-10-16-22(19)26/h6-16,21,23-24H,4-5,17-18H2,1-3H3/t21?,23-,24-,26?/m1/s1. The van der Waals surface area contributed by atoms with Gasteiger partial charge in [0.2, 0.25) is 0 Å². The first-order valence-corrected chi connectivity index (χ1v) is 10.8. The van der Waals surface area contributed by atoms with Crippen LogP contribution in [0, 0.1) is 11.8 Å². The number of rotatable bonds is 6. The fraction of sp³-hybridized carbons (Fsp3) is 0.423. The molecular formula is C26H31NO2. The maximum Gasteiger partial charge on any atom is 0.311 e. The number of cyclic esters (lactones) is 1.